The van der Waals surface area contributed by atoms with Gasteiger partial charge in [-0.05, 0) is 54.6 Å². The molecule has 2 aromatic carbocycles. The Morgan fingerprint density at radius 2 is 1.77 bits per heavy atom. The van der Waals surface area contributed by atoms with E-state index in [9.17, 15) is 4.79 Å². The number of rotatable bonds is 5. The number of nitrogens with one attached hydrogen (secondary N) is 1. The van der Waals surface area contributed by atoms with E-state index in [0.29, 0.717) is 0 Å². The molecular weight excluding hydrogens is 376 g/mol. The summed E-state index contributed by atoms with van der Waals surface area (Å²) in [6.45, 7) is 5.94. The molecule has 0 bridgehead atoms. The molecule has 1 aliphatic heterocycles. The molecule has 1 aliphatic rings. The zero-order chi connectivity index (χ0) is 21.1. The van der Waals surface area contributed by atoms with Gasteiger partial charge in [-0.1, -0.05) is 24.3 Å². The molecule has 1 atom stereocenters. The number of amides is 1. The molecule has 0 spiro atoms. The molecule has 1 N–H and O–H groups in total. The third kappa shape index (κ3) is 4.39. The lowest BCUT2D eigenvalue weighted by Gasteiger charge is -2.33. The van der Waals surface area contributed by atoms with Crippen molar-refractivity contribution in [1.82, 2.24) is 9.88 Å². The number of methoxy groups -OCH3 is 1. The molecule has 0 unspecified atom stereocenters. The minimum Gasteiger partial charge on any atom is -0.497 e. The molecule has 1 saturated heterocycles. The van der Waals surface area contributed by atoms with Gasteiger partial charge in [0.2, 0.25) is 5.91 Å². The molecule has 1 aromatic heterocycles. The second-order valence-corrected chi connectivity index (χ2v) is 7.88. The quantitative estimate of drug-likeness (QED) is 0.702. The molecule has 2 heterocycles. The summed E-state index contributed by atoms with van der Waals surface area (Å²) in [6.07, 6.45) is 1.74. The van der Waals surface area contributed by atoms with Crippen molar-refractivity contribution in [2.24, 2.45) is 0 Å². The maximum atomic E-state index is 12.8. The Labute approximate surface area is 177 Å². The van der Waals surface area contributed by atoms with Gasteiger partial charge in [0.15, 0.2) is 0 Å². The van der Waals surface area contributed by atoms with Gasteiger partial charge in [-0.3, -0.25) is 4.79 Å². The van der Waals surface area contributed by atoms with Crippen molar-refractivity contribution in [3.63, 3.8) is 0 Å². The number of hydrogen-bond acceptors (Lipinski definition) is 5. The van der Waals surface area contributed by atoms with E-state index in [1.54, 1.807) is 13.3 Å². The monoisotopic (exact) mass is 404 g/mol. The molecule has 6 nitrogen and oxygen atoms in total. The SMILES string of the molecule is COc1ccc2cc([C@H](C)C(=O)Nc3ccc(N4CCN(C)CC4)nc3)ccc2c1. The molecule has 30 heavy (non-hydrogen) atoms. The van der Waals surface area contributed by atoms with Crippen molar-refractivity contribution in [3.05, 3.63) is 60.3 Å². The van der Waals surface area contributed by atoms with Crippen LogP contribution in [0, 0.1) is 0 Å². The number of nitrogens with zero attached hydrogens (tertiary/aromatic N) is 3. The van der Waals surface area contributed by atoms with Gasteiger partial charge in [0.25, 0.3) is 0 Å². The smallest absolute Gasteiger partial charge is 0.231 e. The highest BCUT2D eigenvalue weighted by atomic mass is 16.5. The van der Waals surface area contributed by atoms with Crippen LogP contribution < -0.4 is 15.0 Å². The first-order valence-electron chi connectivity index (χ1n) is 10.3. The minimum atomic E-state index is -0.270. The van der Waals surface area contributed by atoms with Crippen LogP contribution in [0.15, 0.2) is 54.7 Å². The van der Waals surface area contributed by atoms with Crippen LogP contribution in [0.4, 0.5) is 11.5 Å². The third-order valence-corrected chi connectivity index (χ3v) is 5.81. The molecule has 3 aromatic rings. The van der Waals surface area contributed by atoms with E-state index in [1.807, 2.05) is 49.4 Å². The molecule has 156 valence electrons. The predicted molar refractivity (Wildman–Crippen MR) is 121 cm³/mol. The van der Waals surface area contributed by atoms with Crippen LogP contribution in [0.2, 0.25) is 0 Å². The summed E-state index contributed by atoms with van der Waals surface area (Å²) in [5.41, 5.74) is 1.70. The summed E-state index contributed by atoms with van der Waals surface area (Å²) in [7, 11) is 3.80. The van der Waals surface area contributed by atoms with E-state index in [1.165, 1.54) is 0 Å². The Kier molecular flexibility index (Phi) is 5.86. The van der Waals surface area contributed by atoms with Crippen molar-refractivity contribution >= 4 is 28.2 Å². The molecule has 0 aliphatic carbocycles. The molecule has 6 heteroatoms. The molecule has 4 rings (SSSR count). The highest BCUT2D eigenvalue weighted by Gasteiger charge is 2.18. The van der Waals surface area contributed by atoms with E-state index in [-0.39, 0.29) is 11.8 Å². The largest absolute Gasteiger partial charge is 0.497 e. The van der Waals surface area contributed by atoms with E-state index in [2.05, 4.69) is 33.2 Å². The van der Waals surface area contributed by atoms with E-state index >= 15 is 0 Å². The van der Waals surface area contributed by atoms with Crippen LogP contribution in [0.25, 0.3) is 10.8 Å². The number of anilines is 2. The second kappa shape index (κ2) is 8.71. The Bertz CT molecular complexity index is 1030. The molecule has 1 amide bonds. The molecule has 1 fully saturated rings. The maximum Gasteiger partial charge on any atom is 0.231 e. The average Bonchev–Trinajstić information content (AvgIpc) is 2.79. The van der Waals surface area contributed by atoms with Crippen LogP contribution in [0.1, 0.15) is 18.4 Å². The average molecular weight is 405 g/mol. The highest BCUT2D eigenvalue weighted by Crippen LogP contribution is 2.26. The zero-order valence-electron chi connectivity index (χ0n) is 17.8. The summed E-state index contributed by atoms with van der Waals surface area (Å²) < 4.78 is 5.28. The van der Waals surface area contributed by atoms with Crippen LogP contribution in [-0.4, -0.2) is 56.1 Å². The number of piperazine rings is 1. The summed E-state index contributed by atoms with van der Waals surface area (Å²) in [6, 6.07) is 16.0. The number of fused-ring (bicyclic) bond motifs is 1. The number of carbonyl (C=O) groups is 1. The first-order chi connectivity index (χ1) is 14.5. The lowest BCUT2D eigenvalue weighted by molar-refractivity contribution is -0.117. The van der Waals surface area contributed by atoms with Gasteiger partial charge >= 0.3 is 0 Å². The van der Waals surface area contributed by atoms with Crippen molar-refractivity contribution < 1.29 is 9.53 Å². The topological polar surface area (TPSA) is 57.7 Å². The van der Waals surface area contributed by atoms with Crippen molar-refractivity contribution in [2.45, 2.75) is 12.8 Å². The summed E-state index contributed by atoms with van der Waals surface area (Å²) >= 11 is 0. The highest BCUT2D eigenvalue weighted by molar-refractivity contribution is 5.96. The Morgan fingerprint density at radius 3 is 2.47 bits per heavy atom. The first-order valence-corrected chi connectivity index (χ1v) is 10.3. The lowest BCUT2D eigenvalue weighted by atomic mass is 9.97. The summed E-state index contributed by atoms with van der Waals surface area (Å²) in [5, 5.41) is 5.18. The summed E-state index contributed by atoms with van der Waals surface area (Å²) in [4.78, 5) is 21.9. The van der Waals surface area contributed by atoms with Gasteiger partial charge in [-0.2, -0.15) is 0 Å². The van der Waals surface area contributed by atoms with E-state index in [0.717, 1.165) is 59.8 Å². The third-order valence-electron chi connectivity index (χ3n) is 5.81. The number of carbonyl (C=O) groups excluding carboxylic acids is 1. The van der Waals surface area contributed by atoms with Crippen molar-refractivity contribution in [3.8, 4) is 5.75 Å². The fourth-order valence-electron chi connectivity index (χ4n) is 3.72. The van der Waals surface area contributed by atoms with Gasteiger partial charge in [0.1, 0.15) is 11.6 Å². The Hall–Kier alpha value is -3.12. The predicted octanol–water partition coefficient (Wildman–Crippen LogP) is 3.74. The van der Waals surface area contributed by atoms with Gasteiger partial charge in [0, 0.05) is 26.2 Å². The number of aromatic nitrogens is 1. The van der Waals surface area contributed by atoms with Gasteiger partial charge < -0.3 is 19.9 Å². The molecule has 0 radical (unpaired) electrons. The van der Waals surface area contributed by atoms with Crippen LogP contribution in [-0.2, 0) is 4.79 Å². The fraction of sp³-hybridized carbons (Fsp3) is 0.333. The number of benzene rings is 2. The number of hydrogen-bond donors (Lipinski definition) is 1. The van der Waals surface area contributed by atoms with E-state index in [4.69, 9.17) is 4.74 Å². The maximum absolute atomic E-state index is 12.8. The lowest BCUT2D eigenvalue weighted by Crippen LogP contribution is -2.44. The van der Waals surface area contributed by atoms with Crippen molar-refractivity contribution in [1.29, 1.82) is 0 Å². The number of likely N-dealkylation sites (N-methyl/N-ethyl adjacent to an activating group) is 1. The Balaban J connectivity index is 1.42. The zero-order valence-corrected chi connectivity index (χ0v) is 17.8. The fourth-order valence-corrected chi connectivity index (χ4v) is 3.72. The second-order valence-electron chi connectivity index (χ2n) is 7.88. The summed E-state index contributed by atoms with van der Waals surface area (Å²) in [5.74, 6) is 1.47. The Morgan fingerprint density at radius 1 is 1.03 bits per heavy atom. The minimum absolute atomic E-state index is 0.0444. The number of ether oxygens (including phenoxy) is 1. The normalized spacial score (nSPS) is 15.8. The van der Waals surface area contributed by atoms with Gasteiger partial charge in [-0.25, -0.2) is 4.98 Å². The number of pyridine rings is 1. The van der Waals surface area contributed by atoms with Gasteiger partial charge in [-0.15, -0.1) is 0 Å². The van der Waals surface area contributed by atoms with Crippen molar-refractivity contribution in [2.75, 3.05) is 50.6 Å². The first kappa shape index (κ1) is 20.2. The van der Waals surface area contributed by atoms with Crippen LogP contribution in [0.5, 0.6) is 5.75 Å². The molecule has 0 saturated carbocycles. The van der Waals surface area contributed by atoms with Crippen LogP contribution in [0.3, 0.4) is 0 Å². The van der Waals surface area contributed by atoms with Gasteiger partial charge in [0.05, 0.1) is 24.9 Å². The van der Waals surface area contributed by atoms with Crippen LogP contribution >= 0.6 is 0 Å². The molecular formula is C24H28N4O2. The van der Waals surface area contributed by atoms with E-state index < -0.39 is 0 Å². The standard InChI is InChI=1S/C24H28N4O2/c1-17(18-4-5-20-15-22(30-3)8-6-19(20)14-18)24(29)26-21-7-9-23(25-16-21)28-12-10-27(2)11-13-28/h4-9,14-17H,10-13H2,1-3H3,(H,26,29)/t17-/m0/s1.